The molecule has 0 bridgehead atoms. The second-order valence-corrected chi connectivity index (χ2v) is 5.74. The molecule has 0 saturated heterocycles. The van der Waals surface area contributed by atoms with Crippen molar-refractivity contribution in [3.63, 3.8) is 0 Å². The zero-order valence-corrected chi connectivity index (χ0v) is 12.3. The molecule has 19 heavy (non-hydrogen) atoms. The van der Waals surface area contributed by atoms with Gasteiger partial charge in [0.1, 0.15) is 17.5 Å². The molecule has 1 saturated carbocycles. The van der Waals surface area contributed by atoms with Crippen molar-refractivity contribution in [3.8, 4) is 6.07 Å². The van der Waals surface area contributed by atoms with Gasteiger partial charge in [-0.3, -0.25) is 4.68 Å². The maximum atomic E-state index is 9.21. The van der Waals surface area contributed by atoms with Gasteiger partial charge < -0.3 is 10.1 Å². The second-order valence-electron chi connectivity index (χ2n) is 5.74. The molecule has 1 aliphatic carbocycles. The summed E-state index contributed by atoms with van der Waals surface area (Å²) < 4.78 is 7.47. The molecule has 104 valence electrons. The van der Waals surface area contributed by atoms with Gasteiger partial charge in [-0.25, -0.2) is 0 Å². The highest BCUT2D eigenvalue weighted by atomic mass is 16.5. The summed E-state index contributed by atoms with van der Waals surface area (Å²) in [6, 6.07) is 2.54. The number of nitrogens with one attached hydrogen (secondary N) is 1. The summed E-state index contributed by atoms with van der Waals surface area (Å²) in [5.41, 5.74) is 1.48. The number of rotatable bonds is 4. The van der Waals surface area contributed by atoms with Crippen molar-refractivity contribution >= 4 is 5.82 Å². The van der Waals surface area contributed by atoms with Crippen LogP contribution in [0.15, 0.2) is 0 Å². The minimum Gasteiger partial charge on any atom is -0.378 e. The van der Waals surface area contributed by atoms with E-state index in [1.165, 1.54) is 0 Å². The lowest BCUT2D eigenvalue weighted by atomic mass is 9.64. The maximum absolute atomic E-state index is 9.21. The van der Waals surface area contributed by atoms with Crippen LogP contribution in [0.2, 0.25) is 0 Å². The van der Waals surface area contributed by atoms with Gasteiger partial charge >= 0.3 is 0 Å². The van der Waals surface area contributed by atoms with Gasteiger partial charge in [-0.05, 0) is 20.3 Å². The molecule has 2 rings (SSSR count). The third kappa shape index (κ3) is 2.21. The summed E-state index contributed by atoms with van der Waals surface area (Å²) in [4.78, 5) is 0. The molecule has 2 atom stereocenters. The summed E-state index contributed by atoms with van der Waals surface area (Å²) in [7, 11) is 1.86. The molecule has 1 aliphatic rings. The molecule has 0 aromatic carbocycles. The Morgan fingerprint density at radius 3 is 2.79 bits per heavy atom. The van der Waals surface area contributed by atoms with E-state index in [1.54, 1.807) is 4.68 Å². The van der Waals surface area contributed by atoms with Gasteiger partial charge in [0.05, 0.1) is 11.8 Å². The van der Waals surface area contributed by atoms with E-state index in [4.69, 9.17) is 4.74 Å². The first kappa shape index (κ1) is 13.9. The number of aryl methyl sites for hydroxylation is 2. The SMILES string of the molecule is CCOC1CC(Nc2c(C#N)c(C)nn2C)C1(C)C. The summed E-state index contributed by atoms with van der Waals surface area (Å²) >= 11 is 0. The highest BCUT2D eigenvalue weighted by Crippen LogP contribution is 2.44. The van der Waals surface area contributed by atoms with E-state index < -0.39 is 0 Å². The van der Waals surface area contributed by atoms with Gasteiger partial charge in [0.25, 0.3) is 0 Å². The Morgan fingerprint density at radius 1 is 1.58 bits per heavy atom. The van der Waals surface area contributed by atoms with E-state index in [0.29, 0.717) is 11.6 Å². The van der Waals surface area contributed by atoms with Crippen LogP contribution in [0.5, 0.6) is 0 Å². The third-order valence-electron chi connectivity index (χ3n) is 4.19. The minimum atomic E-state index is 0.0703. The molecule has 0 aliphatic heterocycles. The fourth-order valence-electron chi connectivity index (χ4n) is 2.74. The summed E-state index contributed by atoms with van der Waals surface area (Å²) in [5, 5.41) is 17.0. The smallest absolute Gasteiger partial charge is 0.142 e. The van der Waals surface area contributed by atoms with Gasteiger partial charge in [-0.1, -0.05) is 13.8 Å². The first-order valence-electron chi connectivity index (χ1n) is 6.73. The Labute approximate surface area is 114 Å². The van der Waals surface area contributed by atoms with Crippen molar-refractivity contribution in [1.29, 1.82) is 5.26 Å². The van der Waals surface area contributed by atoms with Crippen molar-refractivity contribution in [2.24, 2.45) is 12.5 Å². The molecule has 1 aromatic rings. The lowest BCUT2D eigenvalue weighted by Crippen LogP contribution is -2.58. The van der Waals surface area contributed by atoms with Crippen LogP contribution in [0.1, 0.15) is 38.4 Å². The van der Waals surface area contributed by atoms with Crippen molar-refractivity contribution < 1.29 is 4.74 Å². The van der Waals surface area contributed by atoms with E-state index in [-0.39, 0.29) is 11.5 Å². The number of aromatic nitrogens is 2. The Morgan fingerprint density at radius 2 is 2.26 bits per heavy atom. The highest BCUT2D eigenvalue weighted by Gasteiger charge is 2.49. The number of hydrogen-bond acceptors (Lipinski definition) is 4. The predicted octanol–water partition coefficient (Wildman–Crippen LogP) is 2.22. The molecule has 1 heterocycles. The molecule has 0 amide bonds. The van der Waals surface area contributed by atoms with E-state index in [0.717, 1.165) is 24.5 Å². The van der Waals surface area contributed by atoms with Crippen molar-refractivity contribution in [1.82, 2.24) is 9.78 Å². The Hall–Kier alpha value is -1.54. The normalized spacial score (nSPS) is 24.6. The van der Waals surface area contributed by atoms with Gasteiger partial charge in [-0.2, -0.15) is 10.4 Å². The average molecular weight is 262 g/mol. The average Bonchev–Trinajstić information content (AvgIpc) is 2.62. The molecule has 0 spiro atoms. The van der Waals surface area contributed by atoms with Crippen LogP contribution in [-0.4, -0.2) is 28.5 Å². The maximum Gasteiger partial charge on any atom is 0.142 e. The minimum absolute atomic E-state index is 0.0703. The van der Waals surface area contributed by atoms with Crippen LogP contribution < -0.4 is 5.32 Å². The van der Waals surface area contributed by atoms with Gasteiger partial charge in [0.2, 0.25) is 0 Å². The second kappa shape index (κ2) is 4.86. The summed E-state index contributed by atoms with van der Waals surface area (Å²) in [5.74, 6) is 0.813. The lowest BCUT2D eigenvalue weighted by molar-refractivity contribution is -0.0977. The van der Waals surface area contributed by atoms with Crippen LogP contribution in [0.3, 0.4) is 0 Å². The van der Waals surface area contributed by atoms with Crippen LogP contribution in [0.4, 0.5) is 5.82 Å². The molecule has 5 nitrogen and oxygen atoms in total. The molecule has 1 aromatic heterocycles. The van der Waals surface area contributed by atoms with Crippen LogP contribution in [0, 0.1) is 23.7 Å². The van der Waals surface area contributed by atoms with E-state index in [2.05, 4.69) is 30.3 Å². The van der Waals surface area contributed by atoms with Gasteiger partial charge in [0, 0.05) is 25.1 Å². The lowest BCUT2D eigenvalue weighted by Gasteiger charge is -2.51. The molecule has 2 unspecified atom stereocenters. The highest BCUT2D eigenvalue weighted by molar-refractivity contribution is 5.56. The van der Waals surface area contributed by atoms with Crippen molar-refractivity contribution in [2.45, 2.75) is 46.3 Å². The van der Waals surface area contributed by atoms with Crippen LogP contribution in [-0.2, 0) is 11.8 Å². The van der Waals surface area contributed by atoms with Crippen molar-refractivity contribution in [3.05, 3.63) is 11.3 Å². The van der Waals surface area contributed by atoms with Gasteiger partial charge in [-0.15, -0.1) is 0 Å². The number of nitriles is 1. The number of nitrogens with zero attached hydrogens (tertiary/aromatic N) is 3. The first-order valence-corrected chi connectivity index (χ1v) is 6.73. The zero-order chi connectivity index (χ0) is 14.2. The van der Waals surface area contributed by atoms with Crippen LogP contribution >= 0.6 is 0 Å². The summed E-state index contributed by atoms with van der Waals surface area (Å²) in [6.07, 6.45) is 1.26. The molecule has 5 heteroatoms. The third-order valence-corrected chi connectivity index (χ3v) is 4.19. The van der Waals surface area contributed by atoms with Crippen LogP contribution in [0.25, 0.3) is 0 Å². The topological polar surface area (TPSA) is 62.9 Å². The molecular formula is C14H22N4O. The molecule has 1 fully saturated rings. The van der Waals surface area contributed by atoms with Gasteiger partial charge in [0.15, 0.2) is 0 Å². The standard InChI is InChI=1S/C14H22N4O/c1-6-19-12-7-11(14(12,3)4)16-13-10(8-15)9(2)17-18(13)5/h11-12,16H,6-7H2,1-5H3. The Balaban J connectivity index is 2.14. The fraction of sp³-hybridized carbons (Fsp3) is 0.714. The van der Waals surface area contributed by atoms with E-state index in [9.17, 15) is 5.26 Å². The number of hydrogen-bond donors (Lipinski definition) is 1. The predicted molar refractivity (Wildman–Crippen MR) is 73.9 cm³/mol. The largest absolute Gasteiger partial charge is 0.378 e. The Bertz CT molecular complexity index is 512. The molecule has 1 N–H and O–H groups in total. The number of ether oxygens (including phenoxy) is 1. The Kier molecular flexibility index (Phi) is 3.55. The first-order chi connectivity index (χ1) is 8.91. The zero-order valence-electron chi connectivity index (χ0n) is 12.3. The quantitative estimate of drug-likeness (QED) is 0.903. The number of anilines is 1. The monoisotopic (exact) mass is 262 g/mol. The van der Waals surface area contributed by atoms with E-state index >= 15 is 0 Å². The fourth-order valence-corrected chi connectivity index (χ4v) is 2.74. The summed E-state index contributed by atoms with van der Waals surface area (Å²) in [6.45, 7) is 9.02. The molecular weight excluding hydrogens is 240 g/mol. The van der Waals surface area contributed by atoms with E-state index in [1.807, 2.05) is 20.9 Å². The van der Waals surface area contributed by atoms with Crippen molar-refractivity contribution in [2.75, 3.05) is 11.9 Å². The molecule has 0 radical (unpaired) electrons.